The Morgan fingerprint density at radius 2 is 1.41 bits per heavy atom. The molecule has 0 N–H and O–H groups in total. The smallest absolute Gasteiger partial charge is 0.257 e. The summed E-state index contributed by atoms with van der Waals surface area (Å²) in [5, 5.41) is 4.54. The van der Waals surface area contributed by atoms with Crippen LogP contribution in [-0.2, 0) is 6.54 Å². The highest BCUT2D eigenvalue weighted by Gasteiger charge is 2.22. The van der Waals surface area contributed by atoms with E-state index in [2.05, 4.69) is 44.2 Å². The number of hydrogen-bond acceptors (Lipinski definition) is 1. The summed E-state index contributed by atoms with van der Waals surface area (Å²) in [5.41, 5.74) is 1.22. The van der Waals surface area contributed by atoms with Gasteiger partial charge in [0.05, 0.1) is 5.56 Å². The van der Waals surface area contributed by atoms with Gasteiger partial charge in [0.25, 0.3) is 5.91 Å². The fraction of sp³-hybridized carbons (Fsp3) is 0.192. The third-order valence-corrected chi connectivity index (χ3v) is 5.21. The summed E-state index contributed by atoms with van der Waals surface area (Å²) in [4.78, 5) is 15.0. The van der Waals surface area contributed by atoms with Gasteiger partial charge in [-0.15, -0.1) is 0 Å². The van der Waals surface area contributed by atoms with E-state index in [-0.39, 0.29) is 17.4 Å². The molecule has 2 nitrogen and oxygen atoms in total. The van der Waals surface area contributed by atoms with Crippen molar-refractivity contribution in [3.8, 4) is 0 Å². The van der Waals surface area contributed by atoms with Gasteiger partial charge in [0.1, 0.15) is 5.82 Å². The topological polar surface area (TPSA) is 20.3 Å². The van der Waals surface area contributed by atoms with E-state index >= 15 is 0 Å². The number of amides is 1. The van der Waals surface area contributed by atoms with E-state index < -0.39 is 5.82 Å². The van der Waals surface area contributed by atoms with Gasteiger partial charge in [0.2, 0.25) is 0 Å². The molecule has 146 valence electrons. The van der Waals surface area contributed by atoms with Crippen molar-refractivity contribution < 1.29 is 9.18 Å². The molecule has 0 aliphatic heterocycles. The molecule has 0 unspecified atom stereocenters. The molecule has 3 heteroatoms. The first-order valence-electron chi connectivity index (χ1n) is 9.98. The highest BCUT2D eigenvalue weighted by Crippen LogP contribution is 2.30. The van der Waals surface area contributed by atoms with Gasteiger partial charge in [-0.25, -0.2) is 4.39 Å². The maximum atomic E-state index is 14.3. The van der Waals surface area contributed by atoms with Crippen LogP contribution in [0, 0.1) is 11.7 Å². The SMILES string of the molecule is CC(C)CN(Cc1c2ccccc2cc2ccccc12)C(=O)c1ccccc1F. The summed E-state index contributed by atoms with van der Waals surface area (Å²) < 4.78 is 14.3. The Morgan fingerprint density at radius 1 is 0.862 bits per heavy atom. The van der Waals surface area contributed by atoms with Crippen LogP contribution in [0.3, 0.4) is 0 Å². The monoisotopic (exact) mass is 385 g/mol. The lowest BCUT2D eigenvalue weighted by Crippen LogP contribution is -2.34. The quantitative estimate of drug-likeness (QED) is 0.363. The molecular weight excluding hydrogens is 361 g/mol. The zero-order valence-electron chi connectivity index (χ0n) is 16.7. The summed E-state index contributed by atoms with van der Waals surface area (Å²) in [5.74, 6) is -0.477. The van der Waals surface area contributed by atoms with Crippen molar-refractivity contribution in [2.75, 3.05) is 6.54 Å². The third-order valence-electron chi connectivity index (χ3n) is 5.21. The molecule has 0 saturated carbocycles. The summed E-state index contributed by atoms with van der Waals surface area (Å²) in [6, 6.07) is 24.9. The van der Waals surface area contributed by atoms with Crippen LogP contribution in [0.2, 0.25) is 0 Å². The number of halogens is 1. The lowest BCUT2D eigenvalue weighted by Gasteiger charge is -2.26. The van der Waals surface area contributed by atoms with Crippen molar-refractivity contribution in [1.29, 1.82) is 0 Å². The number of benzene rings is 4. The maximum absolute atomic E-state index is 14.3. The number of carbonyl (C=O) groups excluding carboxylic acids is 1. The molecule has 0 fully saturated rings. The first-order valence-corrected chi connectivity index (χ1v) is 9.98. The van der Waals surface area contributed by atoms with Crippen LogP contribution in [0.15, 0.2) is 78.9 Å². The van der Waals surface area contributed by atoms with Crippen LogP contribution in [0.1, 0.15) is 29.8 Å². The van der Waals surface area contributed by atoms with E-state index in [1.165, 1.54) is 6.07 Å². The van der Waals surface area contributed by atoms with Gasteiger partial charge in [0, 0.05) is 13.1 Å². The van der Waals surface area contributed by atoms with Crippen LogP contribution in [-0.4, -0.2) is 17.4 Å². The number of rotatable bonds is 5. The van der Waals surface area contributed by atoms with E-state index in [1.54, 1.807) is 23.1 Å². The Kier molecular flexibility index (Phi) is 5.30. The summed E-state index contributed by atoms with van der Waals surface area (Å²) in [6.07, 6.45) is 0. The van der Waals surface area contributed by atoms with Crippen molar-refractivity contribution in [2.24, 2.45) is 5.92 Å². The minimum Gasteiger partial charge on any atom is -0.334 e. The molecule has 4 aromatic carbocycles. The zero-order valence-corrected chi connectivity index (χ0v) is 16.7. The molecule has 0 atom stereocenters. The van der Waals surface area contributed by atoms with Gasteiger partial charge >= 0.3 is 0 Å². The molecule has 0 aromatic heterocycles. The average molecular weight is 385 g/mol. The Bertz CT molecular complexity index is 1130. The van der Waals surface area contributed by atoms with Crippen molar-refractivity contribution in [2.45, 2.75) is 20.4 Å². The van der Waals surface area contributed by atoms with Crippen LogP contribution >= 0.6 is 0 Å². The normalized spacial score (nSPS) is 11.3. The van der Waals surface area contributed by atoms with Crippen LogP contribution in [0.25, 0.3) is 21.5 Å². The molecule has 4 rings (SSSR count). The van der Waals surface area contributed by atoms with Crippen molar-refractivity contribution in [3.05, 3.63) is 95.8 Å². The minimum atomic E-state index is -0.478. The van der Waals surface area contributed by atoms with Gasteiger partial charge < -0.3 is 4.90 Å². The molecule has 0 heterocycles. The van der Waals surface area contributed by atoms with Crippen LogP contribution in [0.5, 0.6) is 0 Å². The zero-order chi connectivity index (χ0) is 20.4. The predicted octanol–water partition coefficient (Wildman–Crippen LogP) is 6.43. The molecule has 29 heavy (non-hydrogen) atoms. The van der Waals surface area contributed by atoms with Crippen molar-refractivity contribution in [3.63, 3.8) is 0 Å². The second-order valence-electron chi connectivity index (χ2n) is 7.86. The van der Waals surface area contributed by atoms with Crippen LogP contribution in [0.4, 0.5) is 4.39 Å². The molecule has 0 saturated heterocycles. The van der Waals surface area contributed by atoms with Gasteiger partial charge in [-0.1, -0.05) is 74.5 Å². The summed E-state index contributed by atoms with van der Waals surface area (Å²) in [7, 11) is 0. The molecular formula is C26H24FNO. The number of fused-ring (bicyclic) bond motifs is 2. The Morgan fingerprint density at radius 3 is 2.00 bits per heavy atom. The Hall–Kier alpha value is -3.20. The fourth-order valence-electron chi connectivity index (χ4n) is 3.93. The molecule has 0 aliphatic carbocycles. The highest BCUT2D eigenvalue weighted by molar-refractivity contribution is 6.03. The number of hydrogen-bond donors (Lipinski definition) is 0. The van der Waals surface area contributed by atoms with E-state index in [0.717, 1.165) is 27.1 Å². The van der Waals surface area contributed by atoms with Gasteiger partial charge in [-0.3, -0.25) is 4.79 Å². The first-order chi connectivity index (χ1) is 14.0. The van der Waals surface area contributed by atoms with Gasteiger partial charge in [0.15, 0.2) is 0 Å². The lowest BCUT2D eigenvalue weighted by molar-refractivity contribution is 0.0719. The van der Waals surface area contributed by atoms with E-state index in [9.17, 15) is 9.18 Å². The molecule has 0 bridgehead atoms. The second-order valence-corrected chi connectivity index (χ2v) is 7.86. The Balaban J connectivity index is 1.84. The third kappa shape index (κ3) is 3.86. The second kappa shape index (κ2) is 8.04. The first kappa shape index (κ1) is 19.1. The van der Waals surface area contributed by atoms with Crippen LogP contribution < -0.4 is 0 Å². The Labute approximate surface area is 170 Å². The standard InChI is InChI=1S/C26H24FNO/c1-18(2)16-28(26(29)23-13-7-8-14-25(23)27)17-24-21-11-5-3-9-19(21)15-20-10-4-6-12-22(20)24/h3-15,18H,16-17H2,1-2H3. The molecule has 0 spiro atoms. The van der Waals surface area contributed by atoms with Crippen molar-refractivity contribution >= 4 is 27.5 Å². The highest BCUT2D eigenvalue weighted by atomic mass is 19.1. The average Bonchev–Trinajstić information content (AvgIpc) is 2.72. The number of nitrogens with zero attached hydrogens (tertiary/aromatic N) is 1. The van der Waals surface area contributed by atoms with Gasteiger partial charge in [-0.05, 0) is 51.2 Å². The number of carbonyl (C=O) groups is 1. The minimum absolute atomic E-state index is 0.123. The summed E-state index contributed by atoms with van der Waals surface area (Å²) >= 11 is 0. The molecule has 4 aromatic rings. The van der Waals surface area contributed by atoms with Crippen molar-refractivity contribution in [1.82, 2.24) is 4.90 Å². The summed E-state index contributed by atoms with van der Waals surface area (Å²) in [6.45, 7) is 5.14. The van der Waals surface area contributed by atoms with E-state index in [1.807, 2.05) is 24.3 Å². The lowest BCUT2D eigenvalue weighted by atomic mass is 9.96. The molecule has 0 aliphatic rings. The van der Waals surface area contributed by atoms with E-state index in [4.69, 9.17) is 0 Å². The molecule has 1 amide bonds. The predicted molar refractivity (Wildman–Crippen MR) is 117 cm³/mol. The largest absolute Gasteiger partial charge is 0.334 e. The fourth-order valence-corrected chi connectivity index (χ4v) is 3.93. The maximum Gasteiger partial charge on any atom is 0.257 e. The van der Waals surface area contributed by atoms with E-state index in [0.29, 0.717) is 13.1 Å². The molecule has 0 radical (unpaired) electrons. The van der Waals surface area contributed by atoms with Gasteiger partial charge in [-0.2, -0.15) is 0 Å².